The highest BCUT2D eigenvalue weighted by Gasteiger charge is 2.19. The van der Waals surface area contributed by atoms with Crippen molar-refractivity contribution < 1.29 is 0 Å². The molecular weight excluding hydrogens is 260 g/mol. The molecule has 4 nitrogen and oxygen atoms in total. The molecule has 0 saturated heterocycles. The molecular formula is C17H22N4. The summed E-state index contributed by atoms with van der Waals surface area (Å²) in [6.07, 6.45) is 6.51. The van der Waals surface area contributed by atoms with Gasteiger partial charge in [0, 0.05) is 6.54 Å². The van der Waals surface area contributed by atoms with Gasteiger partial charge in [0.25, 0.3) is 0 Å². The van der Waals surface area contributed by atoms with Crippen LogP contribution in [0.3, 0.4) is 0 Å². The number of nitrogens with two attached hydrogens (primary N) is 1. The second kappa shape index (κ2) is 5.77. The molecule has 0 bridgehead atoms. The highest BCUT2D eigenvalue weighted by atomic mass is 15.1. The van der Waals surface area contributed by atoms with Crippen LogP contribution in [0, 0.1) is 23.2 Å². The Bertz CT molecular complexity index is 672. The van der Waals surface area contributed by atoms with Gasteiger partial charge < -0.3 is 10.3 Å². The first-order chi connectivity index (χ1) is 10.2. The summed E-state index contributed by atoms with van der Waals surface area (Å²) in [7, 11) is 0. The largest absolute Gasteiger partial charge is 0.369 e. The first kappa shape index (κ1) is 13.9. The number of hydrogen-bond donors (Lipinski definition) is 1. The maximum Gasteiger partial charge on any atom is 0.201 e. The molecule has 0 atom stereocenters. The summed E-state index contributed by atoms with van der Waals surface area (Å²) < 4.78 is 2.06. The second-order valence-electron chi connectivity index (χ2n) is 6.35. The van der Waals surface area contributed by atoms with Gasteiger partial charge in [-0.15, -0.1) is 0 Å². The summed E-state index contributed by atoms with van der Waals surface area (Å²) in [6.45, 7) is 3.25. The molecule has 0 radical (unpaired) electrons. The number of rotatable bonds is 3. The molecule has 2 N–H and O–H groups in total. The maximum atomic E-state index is 9.04. The standard InChI is InChI=1S/C17H22N4/c1-12-2-4-13(5-3-12)8-9-21-16-10-14(11-18)6-7-15(16)20-17(21)19/h6-7,10,12-13H,2-5,8-9H2,1H3,(H2,19,20). The van der Waals surface area contributed by atoms with E-state index in [1.807, 2.05) is 12.1 Å². The van der Waals surface area contributed by atoms with Gasteiger partial charge >= 0.3 is 0 Å². The van der Waals surface area contributed by atoms with Crippen molar-refractivity contribution in [1.29, 1.82) is 5.26 Å². The summed E-state index contributed by atoms with van der Waals surface area (Å²) in [5.74, 6) is 2.25. The second-order valence-corrected chi connectivity index (χ2v) is 6.35. The molecule has 1 aromatic carbocycles. The van der Waals surface area contributed by atoms with Crippen LogP contribution in [0.1, 0.15) is 44.6 Å². The molecule has 21 heavy (non-hydrogen) atoms. The highest BCUT2D eigenvalue weighted by Crippen LogP contribution is 2.31. The van der Waals surface area contributed by atoms with E-state index in [0.717, 1.165) is 35.8 Å². The average Bonchev–Trinajstić information content (AvgIpc) is 2.81. The summed E-state index contributed by atoms with van der Waals surface area (Å²) in [5.41, 5.74) is 8.57. The first-order valence-corrected chi connectivity index (χ1v) is 7.83. The number of anilines is 1. The quantitative estimate of drug-likeness (QED) is 0.933. The Hall–Kier alpha value is -2.02. The monoisotopic (exact) mass is 282 g/mol. The van der Waals surface area contributed by atoms with Crippen LogP contribution < -0.4 is 5.73 Å². The molecule has 3 rings (SSSR count). The minimum atomic E-state index is 0.560. The average molecular weight is 282 g/mol. The summed E-state index contributed by atoms with van der Waals surface area (Å²) in [4.78, 5) is 4.40. The Morgan fingerprint density at radius 1 is 1.33 bits per heavy atom. The van der Waals surface area contributed by atoms with Crippen molar-refractivity contribution in [2.45, 2.75) is 45.6 Å². The van der Waals surface area contributed by atoms with Crippen molar-refractivity contribution in [3.63, 3.8) is 0 Å². The van der Waals surface area contributed by atoms with Crippen molar-refractivity contribution in [2.24, 2.45) is 11.8 Å². The lowest BCUT2D eigenvalue weighted by Crippen LogP contribution is -2.15. The van der Waals surface area contributed by atoms with Gasteiger partial charge in [-0.2, -0.15) is 5.26 Å². The predicted molar refractivity (Wildman–Crippen MR) is 84.6 cm³/mol. The molecule has 110 valence electrons. The Morgan fingerprint density at radius 2 is 2.10 bits per heavy atom. The minimum Gasteiger partial charge on any atom is -0.369 e. The lowest BCUT2D eigenvalue weighted by atomic mass is 9.81. The Kier molecular flexibility index (Phi) is 3.83. The van der Waals surface area contributed by atoms with Crippen LogP contribution in [-0.4, -0.2) is 9.55 Å². The van der Waals surface area contributed by atoms with E-state index in [4.69, 9.17) is 11.0 Å². The van der Waals surface area contributed by atoms with Crippen molar-refractivity contribution >= 4 is 17.0 Å². The Morgan fingerprint density at radius 3 is 2.81 bits per heavy atom. The van der Waals surface area contributed by atoms with Gasteiger partial charge in [0.2, 0.25) is 5.95 Å². The van der Waals surface area contributed by atoms with Crippen LogP contribution in [0.25, 0.3) is 11.0 Å². The summed E-state index contributed by atoms with van der Waals surface area (Å²) >= 11 is 0. The van der Waals surface area contributed by atoms with Crippen molar-refractivity contribution in [3.8, 4) is 6.07 Å². The lowest BCUT2D eigenvalue weighted by molar-refractivity contribution is 0.270. The minimum absolute atomic E-state index is 0.560. The van der Waals surface area contributed by atoms with Crippen LogP contribution in [0.4, 0.5) is 5.95 Å². The molecule has 1 aromatic heterocycles. The molecule has 1 aliphatic rings. The predicted octanol–water partition coefficient (Wildman–Crippen LogP) is 3.71. The van der Waals surface area contributed by atoms with Crippen molar-refractivity contribution in [2.75, 3.05) is 5.73 Å². The molecule has 0 aliphatic heterocycles. The van der Waals surface area contributed by atoms with Gasteiger partial charge in [-0.25, -0.2) is 4.98 Å². The molecule has 1 heterocycles. The van der Waals surface area contributed by atoms with Crippen molar-refractivity contribution in [1.82, 2.24) is 9.55 Å². The third-order valence-electron chi connectivity index (χ3n) is 4.80. The van der Waals surface area contributed by atoms with E-state index in [0.29, 0.717) is 11.5 Å². The first-order valence-electron chi connectivity index (χ1n) is 7.83. The maximum absolute atomic E-state index is 9.04. The third-order valence-corrected chi connectivity index (χ3v) is 4.80. The number of nitriles is 1. The van der Waals surface area contributed by atoms with Gasteiger partial charge in [-0.3, -0.25) is 0 Å². The van der Waals surface area contributed by atoms with E-state index in [2.05, 4.69) is 22.5 Å². The molecule has 0 unspecified atom stereocenters. The molecule has 1 aliphatic carbocycles. The fourth-order valence-corrected chi connectivity index (χ4v) is 3.38. The molecule has 0 amide bonds. The third kappa shape index (κ3) is 2.87. The number of aromatic nitrogens is 2. The lowest BCUT2D eigenvalue weighted by Gasteiger charge is -2.26. The van der Waals surface area contributed by atoms with Crippen LogP contribution >= 0.6 is 0 Å². The van der Waals surface area contributed by atoms with Crippen LogP contribution in [0.5, 0.6) is 0 Å². The number of fused-ring (bicyclic) bond motifs is 1. The molecule has 1 fully saturated rings. The van der Waals surface area contributed by atoms with Gasteiger partial charge in [0.05, 0.1) is 22.7 Å². The Balaban J connectivity index is 1.77. The number of hydrogen-bond acceptors (Lipinski definition) is 3. The fraction of sp³-hybridized carbons (Fsp3) is 0.529. The number of nitrogen functional groups attached to an aromatic ring is 1. The number of imidazole rings is 1. The van der Waals surface area contributed by atoms with E-state index in [1.54, 1.807) is 6.07 Å². The number of aryl methyl sites for hydroxylation is 1. The number of benzene rings is 1. The summed E-state index contributed by atoms with van der Waals surface area (Å²) in [6, 6.07) is 7.75. The van der Waals surface area contributed by atoms with E-state index < -0.39 is 0 Å². The topological polar surface area (TPSA) is 67.6 Å². The highest BCUT2D eigenvalue weighted by molar-refractivity contribution is 5.79. The zero-order valence-electron chi connectivity index (χ0n) is 12.5. The zero-order valence-corrected chi connectivity index (χ0v) is 12.5. The fourth-order valence-electron chi connectivity index (χ4n) is 3.38. The van der Waals surface area contributed by atoms with Crippen molar-refractivity contribution in [3.05, 3.63) is 23.8 Å². The van der Waals surface area contributed by atoms with E-state index >= 15 is 0 Å². The van der Waals surface area contributed by atoms with Crippen LogP contribution in [-0.2, 0) is 6.54 Å². The number of nitrogens with zero attached hydrogens (tertiary/aromatic N) is 3. The normalized spacial score (nSPS) is 22.3. The van der Waals surface area contributed by atoms with E-state index in [9.17, 15) is 0 Å². The molecule has 1 saturated carbocycles. The zero-order chi connectivity index (χ0) is 14.8. The molecule has 2 aromatic rings. The van der Waals surface area contributed by atoms with Crippen LogP contribution in [0.15, 0.2) is 18.2 Å². The SMILES string of the molecule is CC1CCC(CCn2c(N)nc3ccc(C#N)cc32)CC1. The molecule has 4 heteroatoms. The smallest absolute Gasteiger partial charge is 0.201 e. The van der Waals surface area contributed by atoms with Gasteiger partial charge in [-0.1, -0.05) is 32.6 Å². The van der Waals surface area contributed by atoms with Gasteiger partial charge in [0.1, 0.15) is 0 Å². The van der Waals surface area contributed by atoms with E-state index in [-0.39, 0.29) is 0 Å². The van der Waals surface area contributed by atoms with Gasteiger partial charge in [-0.05, 0) is 36.5 Å². The molecule has 0 spiro atoms. The Labute approximate surface area is 125 Å². The van der Waals surface area contributed by atoms with E-state index in [1.165, 1.54) is 25.7 Å². The summed E-state index contributed by atoms with van der Waals surface area (Å²) in [5, 5.41) is 9.04. The van der Waals surface area contributed by atoms with Gasteiger partial charge in [0.15, 0.2) is 0 Å². The van der Waals surface area contributed by atoms with Crippen LogP contribution in [0.2, 0.25) is 0 Å².